The highest BCUT2D eigenvalue weighted by Gasteiger charge is 2.29. The second-order valence-corrected chi connectivity index (χ2v) is 6.29. The Labute approximate surface area is 144 Å². The molecule has 4 rings (SSSR count). The second kappa shape index (κ2) is 6.12. The van der Waals surface area contributed by atoms with Crippen molar-refractivity contribution in [1.82, 2.24) is 30.0 Å². The zero-order valence-corrected chi connectivity index (χ0v) is 14.1. The van der Waals surface area contributed by atoms with E-state index in [-0.39, 0.29) is 11.9 Å². The van der Waals surface area contributed by atoms with Crippen LogP contribution >= 0.6 is 0 Å². The lowest BCUT2D eigenvalue weighted by Crippen LogP contribution is -2.29. The number of benzene rings is 1. The van der Waals surface area contributed by atoms with Gasteiger partial charge in [-0.3, -0.25) is 4.79 Å². The second-order valence-electron chi connectivity index (χ2n) is 6.29. The van der Waals surface area contributed by atoms with Gasteiger partial charge in [0.1, 0.15) is 0 Å². The van der Waals surface area contributed by atoms with Gasteiger partial charge in [-0.15, -0.1) is 5.10 Å². The summed E-state index contributed by atoms with van der Waals surface area (Å²) in [6.07, 6.45) is 2.63. The number of rotatable bonds is 3. The van der Waals surface area contributed by atoms with Crippen LogP contribution in [0, 0.1) is 13.8 Å². The highest BCUT2D eigenvalue weighted by Crippen LogP contribution is 2.24. The zero-order valence-electron chi connectivity index (χ0n) is 14.1. The van der Waals surface area contributed by atoms with E-state index in [0.29, 0.717) is 36.1 Å². The summed E-state index contributed by atoms with van der Waals surface area (Å²) in [4.78, 5) is 18.6. The van der Waals surface area contributed by atoms with Gasteiger partial charge in [0, 0.05) is 18.7 Å². The third kappa shape index (κ3) is 3.02. The molecule has 3 aromatic rings. The average Bonchev–Trinajstić information content (AvgIpc) is 3.34. The summed E-state index contributed by atoms with van der Waals surface area (Å²) in [6.45, 7) is 5.07. The molecule has 0 N–H and O–H groups in total. The average molecular weight is 338 g/mol. The van der Waals surface area contributed by atoms with Crippen LogP contribution in [0.3, 0.4) is 0 Å². The molecule has 8 nitrogen and oxygen atoms in total. The number of hydrogen-bond acceptors (Lipinski definition) is 6. The summed E-state index contributed by atoms with van der Waals surface area (Å²) in [5.74, 6) is 0.963. The smallest absolute Gasteiger partial charge is 0.280 e. The predicted molar refractivity (Wildman–Crippen MR) is 88.8 cm³/mol. The van der Waals surface area contributed by atoms with Gasteiger partial charge in [-0.25, -0.2) is 4.68 Å². The Morgan fingerprint density at radius 3 is 2.76 bits per heavy atom. The third-order valence-corrected chi connectivity index (χ3v) is 4.38. The van der Waals surface area contributed by atoms with E-state index >= 15 is 0 Å². The van der Waals surface area contributed by atoms with Crippen molar-refractivity contribution in [1.29, 1.82) is 0 Å². The summed E-state index contributed by atoms with van der Waals surface area (Å²) < 4.78 is 6.89. The van der Waals surface area contributed by atoms with Crippen molar-refractivity contribution in [3.8, 4) is 11.6 Å². The fraction of sp³-hybridized carbons (Fsp3) is 0.353. The van der Waals surface area contributed by atoms with Gasteiger partial charge in [0.2, 0.25) is 0 Å². The SMILES string of the molecule is Cc1ccc(C(=O)N2CC[C@H](n3cc(-c4nc(C)no4)nn3)C2)cc1. The number of likely N-dealkylation sites (tertiary alicyclic amines) is 1. The number of carbonyl (C=O) groups excluding carboxylic acids is 1. The quantitative estimate of drug-likeness (QED) is 0.726. The van der Waals surface area contributed by atoms with Gasteiger partial charge >= 0.3 is 0 Å². The zero-order chi connectivity index (χ0) is 17.4. The first kappa shape index (κ1) is 15.5. The monoisotopic (exact) mass is 338 g/mol. The normalized spacial score (nSPS) is 17.2. The van der Waals surface area contributed by atoms with Gasteiger partial charge in [-0.1, -0.05) is 28.1 Å². The summed E-state index contributed by atoms with van der Waals surface area (Å²) in [7, 11) is 0. The van der Waals surface area contributed by atoms with Gasteiger partial charge in [-0.2, -0.15) is 4.98 Å². The van der Waals surface area contributed by atoms with E-state index in [0.717, 1.165) is 12.0 Å². The Hall–Kier alpha value is -3.03. The van der Waals surface area contributed by atoms with Gasteiger partial charge in [0.05, 0.1) is 12.2 Å². The van der Waals surface area contributed by atoms with Crippen LogP contribution in [0.15, 0.2) is 35.0 Å². The lowest BCUT2D eigenvalue weighted by molar-refractivity contribution is 0.0787. The molecule has 2 aromatic heterocycles. The highest BCUT2D eigenvalue weighted by atomic mass is 16.5. The molecule has 128 valence electrons. The van der Waals surface area contributed by atoms with Crippen molar-refractivity contribution < 1.29 is 9.32 Å². The Morgan fingerprint density at radius 1 is 1.24 bits per heavy atom. The first-order chi connectivity index (χ1) is 12.1. The Bertz CT molecular complexity index is 898. The molecule has 0 aliphatic carbocycles. The number of amides is 1. The molecule has 1 saturated heterocycles. The highest BCUT2D eigenvalue weighted by molar-refractivity contribution is 5.94. The third-order valence-electron chi connectivity index (χ3n) is 4.38. The van der Waals surface area contributed by atoms with E-state index in [1.54, 1.807) is 17.8 Å². The van der Waals surface area contributed by atoms with Crippen molar-refractivity contribution in [2.75, 3.05) is 13.1 Å². The van der Waals surface area contributed by atoms with E-state index < -0.39 is 0 Å². The summed E-state index contributed by atoms with van der Waals surface area (Å²) in [5, 5.41) is 12.0. The standard InChI is InChI=1S/C17H18N6O2/c1-11-3-5-13(6-4-11)17(24)22-8-7-14(9-22)23-10-15(19-21-23)16-18-12(2)20-25-16/h3-6,10,14H,7-9H2,1-2H3/t14-/m0/s1. The molecular weight excluding hydrogens is 320 g/mol. The molecule has 25 heavy (non-hydrogen) atoms. The topological polar surface area (TPSA) is 89.9 Å². The first-order valence-electron chi connectivity index (χ1n) is 8.18. The molecule has 0 spiro atoms. The molecule has 8 heteroatoms. The van der Waals surface area contributed by atoms with Gasteiger partial charge in [0.15, 0.2) is 11.5 Å². The van der Waals surface area contributed by atoms with Crippen LogP contribution in [0.25, 0.3) is 11.6 Å². The lowest BCUT2D eigenvalue weighted by atomic mass is 10.1. The minimum atomic E-state index is 0.0513. The number of aryl methyl sites for hydroxylation is 2. The van der Waals surface area contributed by atoms with Crippen LogP contribution in [0.4, 0.5) is 0 Å². The van der Waals surface area contributed by atoms with E-state index in [1.807, 2.05) is 36.1 Å². The molecule has 0 unspecified atom stereocenters. The minimum absolute atomic E-state index is 0.0513. The number of hydrogen-bond donors (Lipinski definition) is 0. The van der Waals surface area contributed by atoms with Crippen molar-refractivity contribution >= 4 is 5.91 Å². The number of carbonyl (C=O) groups is 1. The molecule has 0 radical (unpaired) electrons. The maximum Gasteiger partial charge on any atom is 0.280 e. The number of aromatic nitrogens is 5. The molecule has 1 fully saturated rings. The molecule has 0 bridgehead atoms. The Kier molecular flexibility index (Phi) is 3.79. The van der Waals surface area contributed by atoms with Crippen LogP contribution in [0.2, 0.25) is 0 Å². The summed E-state index contributed by atoms with van der Waals surface area (Å²) in [6, 6.07) is 7.75. The largest absolute Gasteiger partial charge is 0.336 e. The fourth-order valence-electron chi connectivity index (χ4n) is 2.98. The maximum absolute atomic E-state index is 12.6. The molecule has 0 saturated carbocycles. The van der Waals surface area contributed by atoms with Crippen molar-refractivity contribution in [3.63, 3.8) is 0 Å². The van der Waals surface area contributed by atoms with E-state index in [9.17, 15) is 4.79 Å². The van der Waals surface area contributed by atoms with Crippen molar-refractivity contribution in [3.05, 3.63) is 47.4 Å². The van der Waals surface area contributed by atoms with E-state index in [4.69, 9.17) is 4.52 Å². The lowest BCUT2D eigenvalue weighted by Gasteiger charge is -2.16. The molecule has 1 atom stereocenters. The molecule has 1 amide bonds. The minimum Gasteiger partial charge on any atom is -0.336 e. The molecule has 1 aliphatic rings. The van der Waals surface area contributed by atoms with Crippen LogP contribution in [0.1, 0.15) is 34.2 Å². The Morgan fingerprint density at radius 2 is 2.04 bits per heavy atom. The van der Waals surface area contributed by atoms with Crippen LogP contribution in [0.5, 0.6) is 0 Å². The molecule has 1 aromatic carbocycles. The van der Waals surface area contributed by atoms with E-state index in [1.165, 1.54) is 0 Å². The maximum atomic E-state index is 12.6. The van der Waals surface area contributed by atoms with E-state index in [2.05, 4.69) is 20.5 Å². The molecule has 3 heterocycles. The van der Waals surface area contributed by atoms with Gasteiger partial charge in [-0.05, 0) is 32.4 Å². The van der Waals surface area contributed by atoms with Crippen LogP contribution in [-0.2, 0) is 0 Å². The van der Waals surface area contributed by atoms with Crippen LogP contribution < -0.4 is 0 Å². The van der Waals surface area contributed by atoms with Crippen molar-refractivity contribution in [2.24, 2.45) is 0 Å². The molecule has 1 aliphatic heterocycles. The Balaban J connectivity index is 1.46. The summed E-state index contributed by atoms with van der Waals surface area (Å²) >= 11 is 0. The van der Waals surface area contributed by atoms with Crippen LogP contribution in [-0.4, -0.2) is 49.0 Å². The summed E-state index contributed by atoms with van der Waals surface area (Å²) in [5.41, 5.74) is 2.40. The van der Waals surface area contributed by atoms with Gasteiger partial charge in [0.25, 0.3) is 11.8 Å². The first-order valence-corrected chi connectivity index (χ1v) is 8.18. The number of nitrogens with zero attached hydrogens (tertiary/aromatic N) is 6. The van der Waals surface area contributed by atoms with Crippen molar-refractivity contribution in [2.45, 2.75) is 26.3 Å². The van der Waals surface area contributed by atoms with Gasteiger partial charge < -0.3 is 9.42 Å². The molecular formula is C17H18N6O2. The fourth-order valence-corrected chi connectivity index (χ4v) is 2.98. The predicted octanol–water partition coefficient (Wildman–Crippen LogP) is 2.03.